The Morgan fingerprint density at radius 2 is 0.774 bits per heavy atom. The van der Waals surface area contributed by atoms with Crippen molar-refractivity contribution in [3.05, 3.63) is 86.5 Å². The fourth-order valence-electron chi connectivity index (χ4n) is 7.06. The molecule has 0 aliphatic carbocycles. The van der Waals surface area contributed by atoms with Crippen LogP contribution in [-0.4, -0.2) is 53.6 Å². The summed E-state index contributed by atoms with van der Waals surface area (Å²) in [6, 6.07) is 12.1. The summed E-state index contributed by atoms with van der Waals surface area (Å²) in [5, 5.41) is 0. The molecule has 3 rings (SSSR count). The summed E-state index contributed by atoms with van der Waals surface area (Å²) in [7, 11) is -15.0. The van der Waals surface area contributed by atoms with Crippen molar-refractivity contribution in [3.63, 3.8) is 0 Å². The van der Waals surface area contributed by atoms with Crippen molar-refractivity contribution >= 4 is 45.8 Å². The van der Waals surface area contributed by atoms with E-state index in [-0.39, 0.29) is 23.7 Å². The van der Waals surface area contributed by atoms with Crippen molar-refractivity contribution in [2.45, 2.75) is 153 Å². The van der Waals surface area contributed by atoms with Crippen LogP contribution in [0.3, 0.4) is 0 Å². The molecule has 300 valence electrons. The predicted molar refractivity (Wildman–Crippen MR) is 229 cm³/mol. The zero-order valence-electron chi connectivity index (χ0n) is 36.2. The Labute approximate surface area is 338 Å². The van der Waals surface area contributed by atoms with Gasteiger partial charge in [0.25, 0.3) is 0 Å². The van der Waals surface area contributed by atoms with Gasteiger partial charge in [0, 0.05) is 11.4 Å². The maximum atomic E-state index is 12.1. The zero-order chi connectivity index (χ0) is 41.8. The Balaban J connectivity index is 0.000000994. The summed E-state index contributed by atoms with van der Waals surface area (Å²) in [5.41, 5.74) is 12.8. The van der Waals surface area contributed by atoms with E-state index in [4.69, 9.17) is 7.51 Å². The number of anilines is 2. The molecule has 0 aromatic heterocycles. The Bertz CT molecular complexity index is 1440. The molecule has 8 nitrogen and oxygen atoms in total. The molecule has 3 aromatic carbocycles. The van der Waals surface area contributed by atoms with E-state index >= 15 is 0 Å². The predicted octanol–water partition coefficient (Wildman–Crippen LogP) is 9.85. The van der Waals surface area contributed by atoms with Crippen LogP contribution < -0.4 is 8.46 Å². The van der Waals surface area contributed by atoms with E-state index in [2.05, 4.69) is 90.0 Å². The molecule has 3 aromatic rings. The van der Waals surface area contributed by atoms with Crippen molar-refractivity contribution in [3.8, 4) is 0 Å². The Hall–Kier alpha value is -1.45. The number of hydrogen-bond donors (Lipinski definition) is 4. The molecule has 0 saturated heterocycles. The molecule has 4 N–H and O–H groups in total. The van der Waals surface area contributed by atoms with Crippen molar-refractivity contribution in [2.24, 2.45) is 0 Å². The summed E-state index contributed by atoms with van der Waals surface area (Å²) < 4.78 is 17.7. The molecular weight excluding hydrogens is 813 g/mol. The minimum atomic E-state index is -4.93. The molecule has 0 aliphatic rings. The molecule has 0 saturated carbocycles. The molecule has 0 spiro atoms. The van der Waals surface area contributed by atoms with Gasteiger partial charge in [-0.15, -0.1) is 0 Å². The van der Waals surface area contributed by atoms with Gasteiger partial charge in [-0.25, -0.2) is 0 Å². The van der Waals surface area contributed by atoms with E-state index in [1.807, 2.05) is 75.7 Å². The second-order valence-corrected chi connectivity index (χ2v) is 32.1. The molecule has 0 bridgehead atoms. The van der Waals surface area contributed by atoms with Crippen molar-refractivity contribution in [2.75, 3.05) is 8.46 Å². The minimum absolute atomic E-state index is 0.114. The van der Waals surface area contributed by atoms with Gasteiger partial charge in [0.2, 0.25) is 0 Å². The molecule has 0 unspecified atom stereocenters. The van der Waals surface area contributed by atoms with Crippen molar-refractivity contribution in [1.82, 2.24) is 0 Å². The van der Waals surface area contributed by atoms with Crippen LogP contribution >= 0.6 is 0 Å². The molecule has 0 amide bonds. The monoisotopic (exact) mass is 885 g/mol. The van der Waals surface area contributed by atoms with Crippen LogP contribution in [0.4, 0.5) is 11.4 Å². The van der Waals surface area contributed by atoms with Crippen molar-refractivity contribution in [1.29, 1.82) is 0 Å². The molecule has 0 heterocycles. The molecule has 0 radical (unpaired) electrons. The number of rotatable bonds is 12. The fraction of sp³-hybridized carbons (Fsp3) is 0.575. The van der Waals surface area contributed by atoms with Crippen LogP contribution in [-0.2, 0) is 27.3 Å². The first-order chi connectivity index (χ1) is 24.0. The number of nitrogens with zero attached hydrogens (tertiary/aromatic N) is 2. The third-order valence-corrected chi connectivity index (χ3v) is 22.8. The summed E-state index contributed by atoms with van der Waals surface area (Å²) in [6.45, 7) is 39.9. The first-order valence-electron chi connectivity index (χ1n) is 18.8. The summed E-state index contributed by atoms with van der Waals surface area (Å²) in [6.07, 6.45) is 0. The quantitative estimate of drug-likeness (QED) is 0.105. The summed E-state index contributed by atoms with van der Waals surface area (Å²) in [4.78, 5) is 48.3. The third kappa shape index (κ3) is 11.8. The van der Waals surface area contributed by atoms with E-state index in [9.17, 15) is 19.2 Å². The normalized spacial score (nSPS) is 12.6. The van der Waals surface area contributed by atoms with E-state index in [1.54, 1.807) is 8.46 Å². The first kappa shape index (κ1) is 49.6. The Morgan fingerprint density at radius 1 is 0.547 bits per heavy atom. The number of para-hydroxylation sites is 2. The van der Waals surface area contributed by atoms with Gasteiger partial charge >= 0.3 is 41.1 Å². The van der Waals surface area contributed by atoms with E-state index in [0.29, 0.717) is 19.8 Å². The Kier molecular flexibility index (Phi) is 17.9. The van der Waals surface area contributed by atoms with Crippen LogP contribution in [0.25, 0.3) is 0 Å². The topological polar surface area (TPSA) is 114 Å². The molecule has 13 heteroatoms. The van der Waals surface area contributed by atoms with Gasteiger partial charge in [0.05, 0.1) is 0 Å². The van der Waals surface area contributed by atoms with Gasteiger partial charge in [-0.05, 0) is 45.9 Å². The standard InChI is InChI=1S/C30H56N2O5Si4.C10H15.Mo.O/c1-21(2)25-17-15-18-26(22(3)4)29(25)31(38(9,10)11)40(33,34)37-41(35,36)32(39(12,13)14)30-27(23(5)6)19-16-20-28(30)24(7)8;1-6-7(2)9(4)10(5)8(6)3;;/h15-24,33-36H,1-14H3;1-5H3;;/q;-1;;. The molecule has 0 fully saturated rings. The molecular formula is C40H71MoN2O6Si4-. The third-order valence-electron chi connectivity index (χ3n) is 10.1. The van der Waals surface area contributed by atoms with Gasteiger partial charge in [-0.2, -0.15) is 27.8 Å². The maximum absolute atomic E-state index is 12.1. The van der Waals surface area contributed by atoms with E-state index in [1.165, 1.54) is 27.8 Å². The number of benzene rings is 2. The SMILES string of the molecule is CC(C)c1cccc(C(C)C)c1N([Si](C)(C)C)[Si](O)(O)O[Si](O)(O)N(c1c(C(C)C)cccc1C(C)C)[Si](C)(C)C.Cc1c(C)c(C)[c-](C)c1C.[O]=[Mo]. The van der Waals surface area contributed by atoms with Crippen LogP contribution in [0.5, 0.6) is 0 Å². The van der Waals surface area contributed by atoms with Crippen LogP contribution in [0.2, 0.25) is 39.3 Å². The zero-order valence-corrected chi connectivity index (χ0v) is 42.2. The van der Waals surface area contributed by atoms with Gasteiger partial charge in [0.1, 0.15) is 16.5 Å². The average Bonchev–Trinajstić information content (AvgIpc) is 3.17. The van der Waals surface area contributed by atoms with Crippen molar-refractivity contribution < 1.29 is 46.5 Å². The summed E-state index contributed by atoms with van der Waals surface area (Å²) >= 11 is 0.700. The molecule has 53 heavy (non-hydrogen) atoms. The van der Waals surface area contributed by atoms with E-state index < -0.39 is 34.4 Å². The average molecular weight is 884 g/mol. The number of hydrogen-bond acceptors (Lipinski definition) is 8. The van der Waals surface area contributed by atoms with E-state index in [0.717, 1.165) is 33.6 Å². The van der Waals surface area contributed by atoms with Gasteiger partial charge in [-0.1, -0.05) is 166 Å². The van der Waals surface area contributed by atoms with Crippen LogP contribution in [0.1, 0.15) is 129 Å². The Morgan fingerprint density at radius 3 is 0.925 bits per heavy atom. The van der Waals surface area contributed by atoms with Crippen LogP contribution in [0, 0.1) is 34.6 Å². The first-order valence-corrected chi connectivity index (χ1v) is 30.0. The van der Waals surface area contributed by atoms with Crippen LogP contribution in [0.15, 0.2) is 36.4 Å². The van der Waals surface area contributed by atoms with Gasteiger partial charge < -0.3 is 31.8 Å². The van der Waals surface area contributed by atoms with Gasteiger partial charge in [0.15, 0.2) is 0 Å². The fourth-order valence-corrected chi connectivity index (χ4v) is 20.0. The second-order valence-electron chi connectivity index (χ2n) is 17.6. The summed E-state index contributed by atoms with van der Waals surface area (Å²) in [5.74, 6) is 0.454. The second kappa shape index (κ2) is 19.1. The molecule has 0 aliphatic heterocycles. The van der Waals surface area contributed by atoms with Gasteiger partial charge in [-0.3, -0.25) is 0 Å². The molecule has 0 atom stereocenters.